The Morgan fingerprint density at radius 1 is 0.812 bits per heavy atom. The Morgan fingerprint density at radius 3 is 1.00 bits per heavy atom. The molecule has 0 bridgehead atoms. The molecule has 11 nitrogen and oxygen atoms in total. The standard InChI is InChI=1S/C4H10O4.3H3N.H3O4P/c5-1-3(7)4(8)2-6;;;;1-5(2,3)4/h3-8H,1-2H2;3*1H3;(H3,1,2,3,4). The third kappa shape index (κ3) is 37.1. The first-order valence-electron chi connectivity index (χ1n) is 3.08. The summed E-state index contributed by atoms with van der Waals surface area (Å²) in [6, 6.07) is 0. The molecule has 2 unspecified atom stereocenters. The highest BCUT2D eigenvalue weighted by molar-refractivity contribution is 7.45. The molecule has 0 aliphatic heterocycles. The van der Waals surface area contributed by atoms with E-state index in [-0.39, 0.29) is 18.5 Å². The third-order valence-electron chi connectivity index (χ3n) is 0.818. The molecule has 0 amide bonds. The molecule has 0 aromatic heterocycles. The minimum Gasteiger partial charge on any atom is -0.394 e. The predicted molar refractivity (Wildman–Crippen MR) is 55.5 cm³/mol. The topological polar surface area (TPSA) is 264 Å². The maximum atomic E-state index is 8.88. The lowest BCUT2D eigenvalue weighted by molar-refractivity contribution is -0.0388. The van der Waals surface area contributed by atoms with Crippen LogP contribution in [0.2, 0.25) is 0 Å². The molecule has 0 aromatic rings. The molecule has 106 valence electrons. The average Bonchev–Trinajstić information content (AvgIpc) is 1.98. The van der Waals surface area contributed by atoms with Gasteiger partial charge >= 0.3 is 7.82 Å². The highest BCUT2D eigenvalue weighted by Gasteiger charge is 2.12. The van der Waals surface area contributed by atoms with Crippen molar-refractivity contribution in [1.29, 1.82) is 0 Å². The normalized spacial score (nSPS) is 12.7. The summed E-state index contributed by atoms with van der Waals surface area (Å²) in [5, 5.41) is 33.2. The summed E-state index contributed by atoms with van der Waals surface area (Å²) >= 11 is 0. The second-order valence-electron chi connectivity index (χ2n) is 2.01. The van der Waals surface area contributed by atoms with Crippen molar-refractivity contribution in [3.05, 3.63) is 0 Å². The van der Waals surface area contributed by atoms with Crippen LogP contribution in [0.4, 0.5) is 0 Å². The molecule has 16 N–H and O–H groups in total. The first-order chi connectivity index (χ1) is 5.72. The molecular weight excluding hydrogens is 249 g/mol. The second-order valence-corrected chi connectivity index (χ2v) is 3.04. The van der Waals surface area contributed by atoms with E-state index >= 15 is 0 Å². The van der Waals surface area contributed by atoms with Gasteiger partial charge in [0.05, 0.1) is 13.2 Å². The van der Waals surface area contributed by atoms with Gasteiger partial charge in [-0.1, -0.05) is 0 Å². The number of rotatable bonds is 3. The van der Waals surface area contributed by atoms with E-state index < -0.39 is 33.2 Å². The van der Waals surface area contributed by atoms with Crippen LogP contribution in [-0.2, 0) is 4.57 Å². The minimum absolute atomic E-state index is 0. The van der Waals surface area contributed by atoms with Crippen molar-refractivity contribution in [2.45, 2.75) is 12.2 Å². The van der Waals surface area contributed by atoms with Gasteiger partial charge < -0.3 is 53.6 Å². The third-order valence-corrected chi connectivity index (χ3v) is 0.818. The van der Waals surface area contributed by atoms with Crippen LogP contribution in [0.15, 0.2) is 0 Å². The van der Waals surface area contributed by atoms with Gasteiger partial charge in [0.2, 0.25) is 0 Å². The number of phosphoric acid groups is 1. The van der Waals surface area contributed by atoms with E-state index in [0.29, 0.717) is 0 Å². The Morgan fingerprint density at radius 2 is 0.938 bits per heavy atom. The van der Waals surface area contributed by atoms with Gasteiger partial charge in [-0.3, -0.25) is 0 Å². The molecule has 0 fully saturated rings. The van der Waals surface area contributed by atoms with Gasteiger partial charge in [-0.05, 0) is 0 Å². The van der Waals surface area contributed by atoms with Crippen LogP contribution < -0.4 is 18.5 Å². The van der Waals surface area contributed by atoms with Crippen LogP contribution in [-0.4, -0.2) is 60.5 Å². The molecule has 0 aromatic carbocycles. The summed E-state index contributed by atoms with van der Waals surface area (Å²) in [6.45, 7) is -1.05. The maximum Gasteiger partial charge on any atom is 0.466 e. The van der Waals surface area contributed by atoms with E-state index in [0.717, 1.165) is 0 Å². The van der Waals surface area contributed by atoms with Crippen LogP contribution in [0.1, 0.15) is 0 Å². The monoisotopic (exact) mass is 271 g/mol. The number of hydrogen-bond donors (Lipinski definition) is 10. The molecule has 2 atom stereocenters. The Bertz CT molecular complexity index is 149. The molecule has 0 saturated carbocycles. The summed E-state index contributed by atoms with van der Waals surface area (Å²) < 4.78 is 8.88. The number of hydrogen-bond acceptors (Lipinski definition) is 8. The van der Waals surface area contributed by atoms with Crippen LogP contribution in [0.3, 0.4) is 0 Å². The van der Waals surface area contributed by atoms with Crippen molar-refractivity contribution < 1.29 is 39.7 Å². The summed E-state index contributed by atoms with van der Waals surface area (Å²) in [5.41, 5.74) is 0. The lowest BCUT2D eigenvalue weighted by atomic mass is 10.2. The fourth-order valence-corrected chi connectivity index (χ4v) is 0.243. The minimum atomic E-state index is -4.64. The summed E-state index contributed by atoms with van der Waals surface area (Å²) in [4.78, 5) is 21.6. The summed E-state index contributed by atoms with van der Waals surface area (Å²) in [7, 11) is -4.64. The summed E-state index contributed by atoms with van der Waals surface area (Å²) in [6.07, 6.45) is -2.44. The van der Waals surface area contributed by atoms with Crippen molar-refractivity contribution in [1.82, 2.24) is 18.5 Å². The van der Waals surface area contributed by atoms with Crippen LogP contribution in [0, 0.1) is 0 Å². The zero-order valence-corrected chi connectivity index (χ0v) is 9.57. The fraction of sp³-hybridized carbons (Fsp3) is 1.00. The van der Waals surface area contributed by atoms with Crippen LogP contribution >= 0.6 is 7.82 Å². The van der Waals surface area contributed by atoms with Gasteiger partial charge in [0.1, 0.15) is 12.2 Å². The predicted octanol–water partition coefficient (Wildman–Crippen LogP) is -2.75. The van der Waals surface area contributed by atoms with E-state index in [1.165, 1.54) is 0 Å². The molecule has 0 rings (SSSR count). The molecule has 16 heavy (non-hydrogen) atoms. The van der Waals surface area contributed by atoms with Crippen LogP contribution in [0.25, 0.3) is 0 Å². The highest BCUT2D eigenvalue weighted by atomic mass is 31.2. The van der Waals surface area contributed by atoms with Crippen molar-refractivity contribution in [2.24, 2.45) is 0 Å². The fourth-order valence-electron chi connectivity index (χ4n) is 0.243. The van der Waals surface area contributed by atoms with Gasteiger partial charge in [-0.25, -0.2) is 4.57 Å². The first kappa shape index (κ1) is 29.7. The zero-order valence-electron chi connectivity index (χ0n) is 8.68. The van der Waals surface area contributed by atoms with Gasteiger partial charge in [-0.2, -0.15) is 0 Å². The lowest BCUT2D eigenvalue weighted by Gasteiger charge is -2.10. The van der Waals surface area contributed by atoms with E-state index in [1.807, 2.05) is 0 Å². The van der Waals surface area contributed by atoms with E-state index in [1.54, 1.807) is 0 Å². The molecule has 0 aliphatic rings. The van der Waals surface area contributed by atoms with Gasteiger partial charge in [0, 0.05) is 0 Å². The largest absolute Gasteiger partial charge is 0.466 e. The van der Waals surface area contributed by atoms with Crippen molar-refractivity contribution in [3.8, 4) is 0 Å². The van der Waals surface area contributed by atoms with Crippen molar-refractivity contribution in [2.75, 3.05) is 13.2 Å². The highest BCUT2D eigenvalue weighted by Crippen LogP contribution is 2.25. The molecule has 12 heteroatoms. The Kier molecular flexibility index (Phi) is 27.5. The maximum absolute atomic E-state index is 8.88. The second kappa shape index (κ2) is 14.8. The van der Waals surface area contributed by atoms with E-state index in [2.05, 4.69) is 0 Å². The molecule has 0 spiro atoms. The smallest absolute Gasteiger partial charge is 0.394 e. The zero-order chi connectivity index (χ0) is 11.1. The molecule has 0 heterocycles. The Balaban J connectivity index is -0.0000000454. The van der Waals surface area contributed by atoms with Gasteiger partial charge in [-0.15, -0.1) is 0 Å². The molecule has 0 saturated heterocycles. The van der Waals surface area contributed by atoms with Crippen molar-refractivity contribution in [3.63, 3.8) is 0 Å². The molecule has 0 radical (unpaired) electrons. The molecular formula is C4H22N3O8P. The lowest BCUT2D eigenvalue weighted by Crippen LogP contribution is -2.31. The van der Waals surface area contributed by atoms with Crippen LogP contribution in [0.5, 0.6) is 0 Å². The van der Waals surface area contributed by atoms with Gasteiger partial charge in [0.15, 0.2) is 0 Å². The number of aliphatic hydroxyl groups excluding tert-OH is 4. The Labute approximate surface area is 92.4 Å². The average molecular weight is 271 g/mol. The number of aliphatic hydroxyl groups is 4. The van der Waals surface area contributed by atoms with Crippen molar-refractivity contribution >= 4 is 7.82 Å². The molecule has 0 aliphatic carbocycles. The SMILES string of the molecule is N.N.N.O=P(O)(O)O.OCC(O)C(O)CO. The van der Waals surface area contributed by atoms with Gasteiger partial charge in [0.25, 0.3) is 0 Å². The Hall–Kier alpha value is -0.170. The summed E-state index contributed by atoms with van der Waals surface area (Å²) in [5.74, 6) is 0. The van der Waals surface area contributed by atoms with E-state index in [9.17, 15) is 0 Å². The quantitative estimate of drug-likeness (QED) is 0.235. The van der Waals surface area contributed by atoms with E-state index in [4.69, 9.17) is 39.7 Å². The first-order valence-corrected chi connectivity index (χ1v) is 4.65.